The summed E-state index contributed by atoms with van der Waals surface area (Å²) in [4.78, 5) is 19.6. The maximum absolute atomic E-state index is 14.5. The van der Waals surface area contributed by atoms with Gasteiger partial charge in [-0.15, -0.1) is 0 Å². The molecule has 5 rings (SSSR count). The molecule has 1 aliphatic rings. The number of hydrogen-bond acceptors (Lipinski definition) is 7. The fraction of sp³-hybridized carbons (Fsp3) is 0.278. The molecule has 0 bridgehead atoms. The van der Waals surface area contributed by atoms with Crippen LogP contribution in [0.25, 0.3) is 0 Å². The van der Waals surface area contributed by atoms with Gasteiger partial charge in [-0.25, -0.2) is 4.99 Å². The van der Waals surface area contributed by atoms with Crippen LogP contribution in [-0.4, -0.2) is 56.4 Å². The predicted octanol–water partition coefficient (Wildman–Crippen LogP) is 6.09. The molecule has 9 heteroatoms. The van der Waals surface area contributed by atoms with Crippen LogP contribution in [0.3, 0.4) is 0 Å². The van der Waals surface area contributed by atoms with E-state index in [1.54, 1.807) is 14.2 Å². The van der Waals surface area contributed by atoms with Crippen molar-refractivity contribution >= 4 is 27.7 Å². The van der Waals surface area contributed by atoms with E-state index in [0.29, 0.717) is 49.8 Å². The van der Waals surface area contributed by atoms with Gasteiger partial charge in [0, 0.05) is 36.0 Å². The molecule has 8 nitrogen and oxygen atoms in total. The Morgan fingerprint density at radius 2 is 1.73 bits per heavy atom. The number of aliphatic hydroxyl groups is 1. The third-order valence-electron chi connectivity index (χ3n) is 7.69. The lowest BCUT2D eigenvalue weighted by Gasteiger charge is -2.31. The Hall–Kier alpha value is -4.34. The van der Waals surface area contributed by atoms with Crippen LogP contribution in [0.4, 0.5) is 0 Å². The molecule has 0 fully saturated rings. The van der Waals surface area contributed by atoms with Crippen LogP contribution in [0, 0.1) is 0 Å². The van der Waals surface area contributed by atoms with E-state index in [1.165, 1.54) is 0 Å². The zero-order valence-electron chi connectivity index (χ0n) is 25.4. The molecule has 1 amide bonds. The van der Waals surface area contributed by atoms with Crippen molar-refractivity contribution < 1.29 is 28.8 Å². The number of rotatable bonds is 14. The molecule has 0 spiro atoms. The lowest BCUT2D eigenvalue weighted by atomic mass is 9.82. The highest BCUT2D eigenvalue weighted by atomic mass is 79.9. The summed E-state index contributed by atoms with van der Waals surface area (Å²) < 4.78 is 24.3. The second-order valence-corrected chi connectivity index (χ2v) is 11.6. The summed E-state index contributed by atoms with van der Waals surface area (Å²) in [6.07, 6.45) is 0.695. The number of carbonyl (C=O) groups excluding carboxylic acids is 1. The van der Waals surface area contributed by atoms with Crippen LogP contribution >= 0.6 is 15.9 Å². The van der Waals surface area contributed by atoms with Gasteiger partial charge in [0.2, 0.25) is 5.90 Å². The van der Waals surface area contributed by atoms with E-state index in [4.69, 9.17) is 29.0 Å². The minimum absolute atomic E-state index is 0.0653. The topological polar surface area (TPSA) is 98.6 Å². The van der Waals surface area contributed by atoms with Crippen molar-refractivity contribution in [3.05, 3.63) is 124 Å². The predicted molar refractivity (Wildman–Crippen MR) is 177 cm³/mol. The van der Waals surface area contributed by atoms with Crippen LogP contribution in [0.15, 0.2) is 107 Å². The van der Waals surface area contributed by atoms with Crippen molar-refractivity contribution in [2.24, 2.45) is 4.99 Å². The van der Waals surface area contributed by atoms with Crippen LogP contribution in [0.5, 0.6) is 17.2 Å². The number of aliphatic hydroxyl groups excluding tert-OH is 1. The molecule has 0 saturated carbocycles. The fourth-order valence-corrected chi connectivity index (χ4v) is 5.64. The first-order chi connectivity index (χ1) is 22.0. The molecule has 234 valence electrons. The van der Waals surface area contributed by atoms with E-state index < -0.39 is 11.6 Å². The summed E-state index contributed by atoms with van der Waals surface area (Å²) in [5, 5.41) is 12.2. The molecule has 2 N–H and O–H groups in total. The maximum Gasteiger partial charge on any atom is 0.252 e. The summed E-state index contributed by atoms with van der Waals surface area (Å²) in [5.41, 5.74) is 2.10. The molecule has 1 aliphatic heterocycles. The molecule has 45 heavy (non-hydrogen) atoms. The van der Waals surface area contributed by atoms with Gasteiger partial charge >= 0.3 is 0 Å². The van der Waals surface area contributed by atoms with Gasteiger partial charge < -0.3 is 29.4 Å². The number of methoxy groups -OCH3 is 2. The standard InChI is InChI=1S/C36H37BrN2O6/c1-42-31-9-5-8-28(23-31)33-36(24-25-11-15-29(37)16-12-25,35(41)38-20-19-26-7-3-4-10-32(26)43-2)39-34(45-33)27-13-17-30(18-14-27)44-22-6-21-40/h3-5,7-18,23,33,40H,6,19-22,24H2,1-2H3,(H,38,41)/t33-,36-/m1/s1. The molecule has 0 aromatic heterocycles. The van der Waals surface area contributed by atoms with Gasteiger partial charge in [0.1, 0.15) is 17.2 Å². The lowest BCUT2D eigenvalue weighted by molar-refractivity contribution is -0.128. The first kappa shape index (κ1) is 32.1. The average molecular weight is 674 g/mol. The number of aliphatic imine (C=N–C) groups is 1. The van der Waals surface area contributed by atoms with E-state index >= 15 is 0 Å². The molecule has 2 atom stereocenters. The highest BCUT2D eigenvalue weighted by Gasteiger charge is 2.53. The Morgan fingerprint density at radius 1 is 0.956 bits per heavy atom. The minimum Gasteiger partial charge on any atom is -0.497 e. The second-order valence-electron chi connectivity index (χ2n) is 10.7. The van der Waals surface area contributed by atoms with Crippen LogP contribution < -0.4 is 19.5 Å². The van der Waals surface area contributed by atoms with Gasteiger partial charge in [0.15, 0.2) is 11.6 Å². The summed E-state index contributed by atoms with van der Waals surface area (Å²) in [6, 6.07) is 30.6. The number of carbonyl (C=O) groups is 1. The first-order valence-corrected chi connectivity index (χ1v) is 15.6. The quantitative estimate of drug-likeness (QED) is 0.158. The van der Waals surface area contributed by atoms with E-state index in [2.05, 4.69) is 21.2 Å². The summed E-state index contributed by atoms with van der Waals surface area (Å²) in [5.74, 6) is 2.22. The number of benzene rings is 4. The third-order valence-corrected chi connectivity index (χ3v) is 8.21. The minimum atomic E-state index is -1.33. The Morgan fingerprint density at radius 3 is 2.47 bits per heavy atom. The van der Waals surface area contributed by atoms with Gasteiger partial charge in [-0.05, 0) is 77.7 Å². The number of hydrogen-bond donors (Lipinski definition) is 2. The van der Waals surface area contributed by atoms with E-state index in [-0.39, 0.29) is 12.5 Å². The third kappa shape index (κ3) is 7.67. The van der Waals surface area contributed by atoms with Crippen molar-refractivity contribution in [3.63, 3.8) is 0 Å². The van der Waals surface area contributed by atoms with Crippen molar-refractivity contribution in [3.8, 4) is 17.2 Å². The Bertz CT molecular complexity index is 1610. The molecule has 0 aliphatic carbocycles. The molecular weight excluding hydrogens is 636 g/mol. The van der Waals surface area contributed by atoms with Crippen LogP contribution in [0.1, 0.15) is 34.8 Å². The Labute approximate surface area is 272 Å². The molecule has 4 aromatic carbocycles. The molecule has 0 unspecified atom stereocenters. The monoisotopic (exact) mass is 672 g/mol. The average Bonchev–Trinajstić information content (AvgIpc) is 3.47. The van der Waals surface area contributed by atoms with Crippen molar-refractivity contribution in [1.82, 2.24) is 5.32 Å². The van der Waals surface area contributed by atoms with E-state index in [1.807, 2.05) is 97.1 Å². The van der Waals surface area contributed by atoms with Gasteiger partial charge in [-0.2, -0.15) is 0 Å². The molecule has 1 heterocycles. The van der Waals surface area contributed by atoms with Crippen molar-refractivity contribution in [2.75, 3.05) is 34.0 Å². The highest BCUT2D eigenvalue weighted by molar-refractivity contribution is 9.10. The largest absolute Gasteiger partial charge is 0.497 e. The normalized spacial score (nSPS) is 17.2. The van der Waals surface area contributed by atoms with Crippen molar-refractivity contribution in [1.29, 1.82) is 0 Å². The number of nitrogens with one attached hydrogen (secondary N) is 1. The highest BCUT2D eigenvalue weighted by Crippen LogP contribution is 2.43. The maximum atomic E-state index is 14.5. The van der Waals surface area contributed by atoms with E-state index in [0.717, 1.165) is 32.5 Å². The zero-order chi connectivity index (χ0) is 31.6. The Balaban J connectivity index is 1.53. The SMILES string of the molecule is COc1cccc([C@H]2OC(c3ccc(OCCCO)cc3)=N[C@@]2(Cc2ccc(Br)cc2)C(=O)NCCc2ccccc2OC)c1. The summed E-state index contributed by atoms with van der Waals surface area (Å²) in [7, 11) is 3.25. The zero-order valence-corrected chi connectivity index (χ0v) is 27.0. The summed E-state index contributed by atoms with van der Waals surface area (Å²) in [6.45, 7) is 0.864. The smallest absolute Gasteiger partial charge is 0.252 e. The number of ether oxygens (including phenoxy) is 4. The van der Waals surface area contributed by atoms with E-state index in [9.17, 15) is 4.79 Å². The van der Waals surface area contributed by atoms with Crippen molar-refractivity contribution in [2.45, 2.75) is 30.9 Å². The first-order valence-electron chi connectivity index (χ1n) is 14.8. The number of nitrogens with zero attached hydrogens (tertiary/aromatic N) is 1. The summed E-state index contributed by atoms with van der Waals surface area (Å²) >= 11 is 3.52. The Kier molecular flexibility index (Phi) is 10.8. The van der Waals surface area contributed by atoms with Gasteiger partial charge in [-0.3, -0.25) is 4.79 Å². The van der Waals surface area contributed by atoms with Crippen LogP contribution in [-0.2, 0) is 22.4 Å². The molecular formula is C36H37BrN2O6. The van der Waals surface area contributed by atoms with Crippen LogP contribution in [0.2, 0.25) is 0 Å². The fourth-order valence-electron chi connectivity index (χ4n) is 5.37. The molecule has 0 saturated heterocycles. The van der Waals surface area contributed by atoms with Gasteiger partial charge in [0.05, 0.1) is 20.8 Å². The number of amides is 1. The number of halogens is 1. The lowest BCUT2D eigenvalue weighted by Crippen LogP contribution is -2.50. The van der Waals surface area contributed by atoms with Gasteiger partial charge in [-0.1, -0.05) is 58.4 Å². The number of para-hydroxylation sites is 1. The second kappa shape index (κ2) is 15.1. The molecule has 4 aromatic rings. The molecule has 0 radical (unpaired) electrons. The van der Waals surface area contributed by atoms with Gasteiger partial charge in [0.25, 0.3) is 5.91 Å².